The quantitative estimate of drug-likeness (QED) is 0.375. The van der Waals surface area contributed by atoms with Crippen molar-refractivity contribution in [1.29, 1.82) is 0 Å². The maximum atomic E-state index is 14.5. The number of carbonyl (C=O) groups excluding carboxylic acids is 1. The lowest BCUT2D eigenvalue weighted by Crippen LogP contribution is -2.41. The zero-order valence-corrected chi connectivity index (χ0v) is 20.1. The Morgan fingerprint density at radius 3 is 2.62 bits per heavy atom. The summed E-state index contributed by atoms with van der Waals surface area (Å²) < 4.78 is 61.8. The minimum Gasteiger partial charge on any atom is -0.490 e. The smallest absolute Gasteiger partial charge is 0.420 e. The van der Waals surface area contributed by atoms with Crippen LogP contribution in [0.2, 0.25) is 0 Å². The minimum atomic E-state index is -4.64. The number of likely N-dealkylation sites (tertiary alicyclic amines) is 1. The van der Waals surface area contributed by atoms with E-state index in [1.54, 1.807) is 0 Å². The molecule has 12 heteroatoms. The molecule has 5 rings (SSSR count). The Kier molecular flexibility index (Phi) is 6.69. The van der Waals surface area contributed by atoms with Gasteiger partial charge in [-0.1, -0.05) is 12.2 Å². The summed E-state index contributed by atoms with van der Waals surface area (Å²) in [5.74, 6) is -2.26. The normalized spacial score (nSPS) is 25.9. The molecule has 1 amide bonds. The summed E-state index contributed by atoms with van der Waals surface area (Å²) >= 11 is 0. The highest BCUT2D eigenvalue weighted by molar-refractivity contribution is 5.79. The van der Waals surface area contributed by atoms with E-state index in [1.165, 1.54) is 12.1 Å². The van der Waals surface area contributed by atoms with Crippen molar-refractivity contribution in [3.05, 3.63) is 47.9 Å². The highest BCUT2D eigenvalue weighted by Gasteiger charge is 2.47. The first kappa shape index (κ1) is 25.2. The second-order valence-electron chi connectivity index (χ2n) is 9.89. The molecule has 0 spiro atoms. The Hall–Kier alpha value is -3.41. The van der Waals surface area contributed by atoms with Gasteiger partial charge in [0.15, 0.2) is 11.6 Å². The molecule has 4 N–H and O–H groups in total. The van der Waals surface area contributed by atoms with E-state index in [0.717, 1.165) is 31.8 Å². The number of hydrogen-bond donors (Lipinski definition) is 3. The predicted molar refractivity (Wildman–Crippen MR) is 129 cm³/mol. The molecule has 37 heavy (non-hydrogen) atoms. The van der Waals surface area contributed by atoms with Crippen molar-refractivity contribution in [2.45, 2.75) is 37.6 Å². The number of rotatable bonds is 7. The minimum absolute atomic E-state index is 0.000253. The number of hydrogen-bond acceptors (Lipinski definition) is 7. The van der Waals surface area contributed by atoms with Crippen molar-refractivity contribution < 1.29 is 27.1 Å². The average molecular weight is 521 g/mol. The highest BCUT2D eigenvalue weighted by Crippen LogP contribution is 2.45. The number of nitrogens with one attached hydrogen (secondary N) is 2. The maximum Gasteiger partial charge on any atom is 0.420 e. The molecule has 2 aromatic rings. The largest absolute Gasteiger partial charge is 0.490 e. The first-order valence-corrected chi connectivity index (χ1v) is 12.2. The number of amides is 1. The first-order chi connectivity index (χ1) is 17.6. The van der Waals surface area contributed by atoms with Gasteiger partial charge in [-0.05, 0) is 56.3 Å². The van der Waals surface area contributed by atoms with E-state index < -0.39 is 35.4 Å². The third kappa shape index (κ3) is 5.34. The van der Waals surface area contributed by atoms with Crippen LogP contribution in [0.1, 0.15) is 24.8 Å². The van der Waals surface area contributed by atoms with Crippen LogP contribution in [-0.2, 0) is 11.0 Å². The van der Waals surface area contributed by atoms with E-state index >= 15 is 0 Å². The van der Waals surface area contributed by atoms with E-state index in [-0.39, 0.29) is 41.1 Å². The summed E-state index contributed by atoms with van der Waals surface area (Å²) in [6, 6.07) is 3.19. The Labute approximate surface area is 211 Å². The van der Waals surface area contributed by atoms with Gasteiger partial charge in [0.2, 0.25) is 11.9 Å². The number of alkyl halides is 3. The molecule has 1 aromatic carbocycles. The van der Waals surface area contributed by atoms with Gasteiger partial charge in [0.25, 0.3) is 0 Å². The Balaban J connectivity index is 1.34. The van der Waals surface area contributed by atoms with E-state index in [9.17, 15) is 22.4 Å². The standard InChI is InChI=1S/C25H28F4N6O2/c1-35-8-6-16(7-9-35)37-19-5-4-15(11-17(19)25(27,28)29)32-24-31-12-18(26)23(34-24)33-21-14-3-2-13(10-14)20(21)22(30)36/h2-5,11-14,16,20-21H,6-10H2,1H3,(H2,30,36)(H2,31,32,33,34)/t13?,14-,20-,21+/m0/s1. The number of allylic oxidation sites excluding steroid dienone is 1. The molecule has 1 saturated carbocycles. The molecule has 1 aromatic heterocycles. The average Bonchev–Trinajstić information content (AvgIpc) is 3.45. The van der Waals surface area contributed by atoms with Crippen LogP contribution in [0.5, 0.6) is 5.75 Å². The van der Waals surface area contributed by atoms with Crippen LogP contribution < -0.4 is 21.1 Å². The molecule has 1 aliphatic heterocycles. The van der Waals surface area contributed by atoms with Crippen molar-refractivity contribution in [3.8, 4) is 5.75 Å². The van der Waals surface area contributed by atoms with Crippen molar-refractivity contribution >= 4 is 23.4 Å². The number of fused-ring (bicyclic) bond motifs is 2. The molecule has 2 fully saturated rings. The highest BCUT2D eigenvalue weighted by atomic mass is 19.4. The third-order valence-electron chi connectivity index (χ3n) is 7.34. The topological polar surface area (TPSA) is 105 Å². The molecule has 3 aliphatic rings. The second kappa shape index (κ2) is 9.81. The summed E-state index contributed by atoms with van der Waals surface area (Å²) in [6.45, 7) is 1.51. The number of halogens is 4. The first-order valence-electron chi connectivity index (χ1n) is 12.2. The molecule has 8 nitrogen and oxygen atoms in total. The number of ether oxygens (including phenoxy) is 1. The molecule has 0 radical (unpaired) electrons. The Morgan fingerprint density at radius 1 is 1.19 bits per heavy atom. The van der Waals surface area contributed by atoms with Crippen molar-refractivity contribution in [2.75, 3.05) is 30.8 Å². The number of nitrogens with zero attached hydrogens (tertiary/aromatic N) is 3. The van der Waals surface area contributed by atoms with Crippen LogP contribution in [0.25, 0.3) is 0 Å². The predicted octanol–water partition coefficient (Wildman–Crippen LogP) is 3.94. The van der Waals surface area contributed by atoms with Crippen LogP contribution in [-0.4, -0.2) is 53.1 Å². The lowest BCUT2D eigenvalue weighted by Gasteiger charge is -2.30. The van der Waals surface area contributed by atoms with Gasteiger partial charge >= 0.3 is 6.18 Å². The molecule has 2 bridgehead atoms. The van der Waals surface area contributed by atoms with Gasteiger partial charge < -0.3 is 26.0 Å². The Morgan fingerprint density at radius 2 is 1.92 bits per heavy atom. The molecule has 2 heterocycles. The van der Waals surface area contributed by atoms with Gasteiger partial charge in [-0.2, -0.15) is 18.2 Å². The molecule has 198 valence electrons. The van der Waals surface area contributed by atoms with Gasteiger partial charge in [-0.3, -0.25) is 4.79 Å². The number of aromatic nitrogens is 2. The van der Waals surface area contributed by atoms with Crippen molar-refractivity contribution in [3.63, 3.8) is 0 Å². The monoisotopic (exact) mass is 520 g/mol. The van der Waals surface area contributed by atoms with Gasteiger partial charge in [0.05, 0.1) is 17.7 Å². The summed E-state index contributed by atoms with van der Waals surface area (Å²) in [4.78, 5) is 22.1. The lowest BCUT2D eigenvalue weighted by molar-refractivity contribution is -0.139. The fourth-order valence-corrected chi connectivity index (χ4v) is 5.44. The molecule has 1 unspecified atom stereocenters. The SMILES string of the molecule is CN1CCC(Oc2ccc(Nc3ncc(F)c(N[C@@H]4[C@H]5C=CC(C5)[C@@H]4C(N)=O)n3)cc2C(F)(F)F)CC1. The van der Waals surface area contributed by atoms with E-state index in [2.05, 4.69) is 25.5 Å². The fourth-order valence-electron chi connectivity index (χ4n) is 5.44. The number of anilines is 3. The fraction of sp³-hybridized carbons (Fsp3) is 0.480. The zero-order chi connectivity index (χ0) is 26.3. The van der Waals surface area contributed by atoms with Gasteiger partial charge in [-0.15, -0.1) is 0 Å². The number of carbonyl (C=O) groups is 1. The number of benzene rings is 1. The summed E-state index contributed by atoms with van der Waals surface area (Å²) in [7, 11) is 1.96. The van der Waals surface area contributed by atoms with Gasteiger partial charge in [0, 0.05) is 24.8 Å². The van der Waals surface area contributed by atoms with Crippen LogP contribution in [0.3, 0.4) is 0 Å². The molecular formula is C25H28F4N6O2. The van der Waals surface area contributed by atoms with Crippen LogP contribution >= 0.6 is 0 Å². The number of piperidine rings is 1. The molecule has 2 aliphatic carbocycles. The molecule has 4 atom stereocenters. The van der Waals surface area contributed by atoms with Crippen LogP contribution in [0.15, 0.2) is 36.5 Å². The van der Waals surface area contributed by atoms with E-state index in [4.69, 9.17) is 10.5 Å². The number of primary amides is 1. The summed E-state index contributed by atoms with van der Waals surface area (Å²) in [5.41, 5.74) is 4.72. The Bertz CT molecular complexity index is 1200. The summed E-state index contributed by atoms with van der Waals surface area (Å²) in [6.07, 6.45) is 1.90. The summed E-state index contributed by atoms with van der Waals surface area (Å²) in [5, 5.41) is 5.69. The molecular weight excluding hydrogens is 492 g/mol. The van der Waals surface area contributed by atoms with Gasteiger partial charge in [0.1, 0.15) is 11.9 Å². The second-order valence-corrected chi connectivity index (χ2v) is 9.89. The zero-order valence-electron chi connectivity index (χ0n) is 20.1. The van der Waals surface area contributed by atoms with Crippen molar-refractivity contribution in [1.82, 2.24) is 14.9 Å². The van der Waals surface area contributed by atoms with E-state index in [0.29, 0.717) is 12.8 Å². The third-order valence-corrected chi connectivity index (χ3v) is 7.34. The maximum absolute atomic E-state index is 14.5. The lowest BCUT2D eigenvalue weighted by atomic mass is 9.88. The number of nitrogens with two attached hydrogens (primary N) is 1. The van der Waals surface area contributed by atoms with Crippen LogP contribution in [0.4, 0.5) is 35.0 Å². The van der Waals surface area contributed by atoms with Crippen molar-refractivity contribution in [2.24, 2.45) is 23.5 Å². The van der Waals surface area contributed by atoms with E-state index in [1.807, 2.05) is 19.2 Å². The van der Waals surface area contributed by atoms with Gasteiger partial charge in [-0.25, -0.2) is 9.37 Å². The van der Waals surface area contributed by atoms with Crippen LogP contribution in [0, 0.1) is 23.6 Å². The molecule has 1 saturated heterocycles.